The van der Waals surface area contributed by atoms with Crippen molar-refractivity contribution in [1.82, 2.24) is 15.0 Å². The molecular formula is C20H22N4O2. The molecule has 0 aliphatic carbocycles. The van der Waals surface area contributed by atoms with Crippen molar-refractivity contribution in [2.24, 2.45) is 11.7 Å². The number of rotatable bonds is 4. The number of benzene rings is 1. The molecule has 1 saturated heterocycles. The van der Waals surface area contributed by atoms with Crippen molar-refractivity contribution >= 4 is 17.0 Å². The Morgan fingerprint density at radius 2 is 2.12 bits per heavy atom. The van der Waals surface area contributed by atoms with Crippen molar-refractivity contribution in [3.05, 3.63) is 59.4 Å². The van der Waals surface area contributed by atoms with Gasteiger partial charge in [-0.25, -0.2) is 4.98 Å². The monoisotopic (exact) mass is 350 g/mol. The first-order chi connectivity index (χ1) is 12.7. The molecule has 6 nitrogen and oxygen atoms in total. The van der Waals surface area contributed by atoms with E-state index in [-0.39, 0.29) is 17.7 Å². The summed E-state index contributed by atoms with van der Waals surface area (Å²) < 4.78 is 5.21. The number of fused-ring (bicyclic) bond motifs is 1. The van der Waals surface area contributed by atoms with E-state index in [4.69, 9.17) is 10.3 Å². The van der Waals surface area contributed by atoms with Gasteiger partial charge in [-0.3, -0.25) is 4.79 Å². The van der Waals surface area contributed by atoms with E-state index in [9.17, 15) is 4.79 Å². The number of nitrogens with zero attached hydrogens (tertiary/aromatic N) is 3. The topological polar surface area (TPSA) is 85.2 Å². The Morgan fingerprint density at radius 1 is 1.31 bits per heavy atom. The van der Waals surface area contributed by atoms with Crippen molar-refractivity contribution in [3.8, 4) is 0 Å². The van der Waals surface area contributed by atoms with Crippen molar-refractivity contribution in [3.63, 3.8) is 0 Å². The fraction of sp³-hybridized carbons (Fsp3) is 0.350. The zero-order valence-electron chi connectivity index (χ0n) is 14.8. The molecule has 4 rings (SSSR count). The first-order valence-corrected chi connectivity index (χ1v) is 8.99. The number of hydrogen-bond acceptors (Lipinski definition) is 5. The molecule has 1 aliphatic heterocycles. The number of nitrogens with two attached hydrogens (primary N) is 1. The Bertz CT molecular complexity index is 922. The zero-order valence-corrected chi connectivity index (χ0v) is 14.8. The first-order valence-electron chi connectivity index (χ1n) is 8.99. The van der Waals surface area contributed by atoms with Crippen LogP contribution in [-0.4, -0.2) is 40.6 Å². The summed E-state index contributed by atoms with van der Waals surface area (Å²) in [5.74, 6) is 0.517. The highest BCUT2D eigenvalue weighted by molar-refractivity contribution is 5.97. The largest absolute Gasteiger partial charge is 0.338 e. The second-order valence-corrected chi connectivity index (χ2v) is 6.78. The normalized spacial score (nSPS) is 20.0. The van der Waals surface area contributed by atoms with Gasteiger partial charge in [0, 0.05) is 25.2 Å². The summed E-state index contributed by atoms with van der Waals surface area (Å²) in [4.78, 5) is 19.2. The van der Waals surface area contributed by atoms with Crippen LogP contribution in [0.3, 0.4) is 0 Å². The molecule has 134 valence electrons. The fourth-order valence-electron chi connectivity index (χ4n) is 3.79. The second-order valence-electron chi connectivity index (χ2n) is 6.78. The van der Waals surface area contributed by atoms with Crippen LogP contribution in [-0.2, 0) is 6.42 Å². The molecule has 0 saturated carbocycles. The Balaban J connectivity index is 1.60. The molecule has 2 N–H and O–H groups in total. The summed E-state index contributed by atoms with van der Waals surface area (Å²) in [7, 11) is 0. The standard InChI is InChI=1S/C20H22N4O2/c1-2-18-16-8-14(10-22-19(16)26-23-18)20(25)24-11-15(9-21)17(12-24)13-6-4-3-5-7-13/h3-8,10,15,17H,2,9,11-12,21H2,1H3/t15-,17+/m1/s1. The molecule has 1 aromatic carbocycles. The lowest BCUT2D eigenvalue weighted by atomic mass is 9.89. The zero-order chi connectivity index (χ0) is 18.1. The van der Waals surface area contributed by atoms with Gasteiger partial charge in [0.15, 0.2) is 0 Å². The molecule has 26 heavy (non-hydrogen) atoms. The van der Waals surface area contributed by atoms with E-state index in [2.05, 4.69) is 22.3 Å². The van der Waals surface area contributed by atoms with Crippen LogP contribution in [0.5, 0.6) is 0 Å². The summed E-state index contributed by atoms with van der Waals surface area (Å²) >= 11 is 0. The maximum Gasteiger partial charge on any atom is 0.257 e. The molecular weight excluding hydrogens is 328 g/mol. The molecule has 0 bridgehead atoms. The van der Waals surface area contributed by atoms with Crippen LogP contribution in [0.1, 0.15) is 34.5 Å². The predicted molar refractivity (Wildman–Crippen MR) is 98.8 cm³/mol. The Labute approximate surface area is 152 Å². The maximum atomic E-state index is 13.0. The quantitative estimate of drug-likeness (QED) is 0.782. The number of hydrogen-bond donors (Lipinski definition) is 1. The minimum absolute atomic E-state index is 0.0143. The van der Waals surface area contributed by atoms with Gasteiger partial charge >= 0.3 is 0 Å². The molecule has 1 aliphatic rings. The lowest BCUT2D eigenvalue weighted by molar-refractivity contribution is 0.0786. The molecule has 1 amide bonds. The van der Waals surface area contributed by atoms with Crippen LogP contribution in [0.2, 0.25) is 0 Å². The highest BCUT2D eigenvalue weighted by atomic mass is 16.5. The van der Waals surface area contributed by atoms with Gasteiger partial charge < -0.3 is 15.2 Å². The highest BCUT2D eigenvalue weighted by Gasteiger charge is 2.35. The average Bonchev–Trinajstić information content (AvgIpc) is 3.31. The molecule has 0 unspecified atom stereocenters. The number of amides is 1. The van der Waals surface area contributed by atoms with E-state index in [1.165, 1.54) is 5.56 Å². The van der Waals surface area contributed by atoms with Crippen LogP contribution in [0.4, 0.5) is 0 Å². The molecule has 0 spiro atoms. The molecule has 3 heterocycles. The molecule has 6 heteroatoms. The van der Waals surface area contributed by atoms with Crippen LogP contribution >= 0.6 is 0 Å². The van der Waals surface area contributed by atoms with Crippen LogP contribution in [0.15, 0.2) is 47.1 Å². The number of carbonyl (C=O) groups is 1. The fourth-order valence-corrected chi connectivity index (χ4v) is 3.79. The predicted octanol–water partition coefficient (Wildman–Crippen LogP) is 2.60. The molecule has 3 aromatic rings. The van der Waals surface area contributed by atoms with E-state index in [1.54, 1.807) is 6.20 Å². The SMILES string of the molecule is CCc1noc2ncc(C(=O)N3C[C@@H](CN)[C@H](c4ccccc4)C3)cc12. The van der Waals surface area contributed by atoms with E-state index in [1.807, 2.05) is 36.1 Å². The van der Waals surface area contributed by atoms with Crippen molar-refractivity contribution in [2.45, 2.75) is 19.3 Å². The summed E-state index contributed by atoms with van der Waals surface area (Å²) in [6.45, 7) is 3.90. The second kappa shape index (κ2) is 6.88. The summed E-state index contributed by atoms with van der Waals surface area (Å²) in [6, 6.07) is 12.1. The van der Waals surface area contributed by atoms with Gasteiger partial charge in [0.25, 0.3) is 11.6 Å². The third kappa shape index (κ3) is 2.86. The summed E-state index contributed by atoms with van der Waals surface area (Å²) in [6.07, 6.45) is 2.31. The lowest BCUT2D eigenvalue weighted by Crippen LogP contribution is -2.29. The van der Waals surface area contributed by atoms with E-state index >= 15 is 0 Å². The molecule has 2 aromatic heterocycles. The number of aromatic nitrogens is 2. The average molecular weight is 350 g/mol. The minimum atomic E-state index is -0.0143. The van der Waals surface area contributed by atoms with Crippen LogP contribution in [0.25, 0.3) is 11.1 Å². The van der Waals surface area contributed by atoms with Gasteiger partial charge in [-0.05, 0) is 30.5 Å². The molecule has 1 fully saturated rings. The molecule has 0 radical (unpaired) electrons. The Hall–Kier alpha value is -2.73. The van der Waals surface area contributed by atoms with Crippen LogP contribution in [0, 0.1) is 5.92 Å². The smallest absolute Gasteiger partial charge is 0.257 e. The number of likely N-dealkylation sites (tertiary alicyclic amines) is 1. The third-order valence-corrected chi connectivity index (χ3v) is 5.24. The third-order valence-electron chi connectivity index (χ3n) is 5.24. The number of pyridine rings is 1. The van der Waals surface area contributed by atoms with E-state index in [0.29, 0.717) is 30.9 Å². The van der Waals surface area contributed by atoms with Crippen molar-refractivity contribution in [1.29, 1.82) is 0 Å². The van der Waals surface area contributed by atoms with Crippen molar-refractivity contribution in [2.75, 3.05) is 19.6 Å². The summed E-state index contributed by atoms with van der Waals surface area (Å²) in [5, 5.41) is 4.82. The van der Waals surface area contributed by atoms with Gasteiger partial charge in [0.05, 0.1) is 16.6 Å². The maximum absolute atomic E-state index is 13.0. The van der Waals surface area contributed by atoms with Gasteiger partial charge in [0.2, 0.25) is 0 Å². The Morgan fingerprint density at radius 3 is 2.85 bits per heavy atom. The summed E-state index contributed by atoms with van der Waals surface area (Å²) in [5.41, 5.74) is 9.09. The van der Waals surface area contributed by atoms with Gasteiger partial charge in [-0.1, -0.05) is 42.4 Å². The minimum Gasteiger partial charge on any atom is -0.338 e. The van der Waals surface area contributed by atoms with E-state index in [0.717, 1.165) is 17.5 Å². The number of aryl methyl sites for hydroxylation is 1. The van der Waals surface area contributed by atoms with Crippen molar-refractivity contribution < 1.29 is 9.32 Å². The first kappa shape index (κ1) is 16.7. The molecule has 2 atom stereocenters. The van der Waals surface area contributed by atoms with Gasteiger partial charge in [-0.15, -0.1) is 0 Å². The lowest BCUT2D eigenvalue weighted by Gasteiger charge is -2.16. The highest BCUT2D eigenvalue weighted by Crippen LogP contribution is 2.33. The van der Waals surface area contributed by atoms with Gasteiger partial charge in [-0.2, -0.15) is 0 Å². The van der Waals surface area contributed by atoms with Gasteiger partial charge in [0.1, 0.15) is 0 Å². The van der Waals surface area contributed by atoms with E-state index < -0.39 is 0 Å². The Kier molecular flexibility index (Phi) is 4.42. The van der Waals surface area contributed by atoms with Crippen LogP contribution < -0.4 is 5.73 Å². The number of carbonyl (C=O) groups excluding carboxylic acids is 1.